The summed E-state index contributed by atoms with van der Waals surface area (Å²) < 4.78 is 5.40. The van der Waals surface area contributed by atoms with Gasteiger partial charge in [0.1, 0.15) is 16.8 Å². The Morgan fingerprint density at radius 1 is 1.41 bits per heavy atom. The summed E-state index contributed by atoms with van der Waals surface area (Å²) in [6.45, 7) is 6.42. The lowest BCUT2D eigenvalue weighted by molar-refractivity contribution is 0.102. The zero-order valence-corrected chi connectivity index (χ0v) is 13.7. The molecular weight excluding hydrogens is 296 g/mol. The fourth-order valence-corrected chi connectivity index (χ4v) is 3.37. The van der Waals surface area contributed by atoms with Crippen molar-refractivity contribution in [1.82, 2.24) is 0 Å². The first-order valence-electron chi connectivity index (χ1n) is 7.17. The van der Waals surface area contributed by atoms with Gasteiger partial charge in [0.2, 0.25) is 0 Å². The van der Waals surface area contributed by atoms with Crippen LogP contribution in [0.4, 0.5) is 5.00 Å². The molecule has 0 atom stereocenters. The van der Waals surface area contributed by atoms with E-state index in [1.807, 2.05) is 26.8 Å². The summed E-state index contributed by atoms with van der Waals surface area (Å²) in [5.74, 6) is 0.425. The highest BCUT2D eigenvalue weighted by molar-refractivity contribution is 7.16. The summed E-state index contributed by atoms with van der Waals surface area (Å²) in [4.78, 5) is 13.4. The summed E-state index contributed by atoms with van der Waals surface area (Å²) in [6, 6.07) is 9.21. The van der Waals surface area contributed by atoms with Gasteiger partial charge in [-0.3, -0.25) is 4.79 Å². The van der Waals surface area contributed by atoms with Gasteiger partial charge in [-0.05, 0) is 44.0 Å². The second kappa shape index (κ2) is 7.10. The van der Waals surface area contributed by atoms with E-state index < -0.39 is 0 Å². The number of nitriles is 1. The number of carbonyl (C=O) groups is 1. The number of nitrogens with zero attached hydrogens (tertiary/aromatic N) is 1. The van der Waals surface area contributed by atoms with Crippen molar-refractivity contribution in [2.24, 2.45) is 0 Å². The van der Waals surface area contributed by atoms with Gasteiger partial charge in [-0.1, -0.05) is 13.0 Å². The Morgan fingerprint density at radius 2 is 2.18 bits per heavy atom. The van der Waals surface area contributed by atoms with Gasteiger partial charge in [0.15, 0.2) is 0 Å². The first-order chi connectivity index (χ1) is 10.6. The van der Waals surface area contributed by atoms with E-state index in [2.05, 4.69) is 11.4 Å². The van der Waals surface area contributed by atoms with Gasteiger partial charge in [0, 0.05) is 10.4 Å². The van der Waals surface area contributed by atoms with Gasteiger partial charge in [0.25, 0.3) is 5.91 Å². The molecule has 0 saturated heterocycles. The van der Waals surface area contributed by atoms with Gasteiger partial charge in [-0.25, -0.2) is 0 Å². The fraction of sp³-hybridized carbons (Fsp3) is 0.294. The van der Waals surface area contributed by atoms with Gasteiger partial charge in [-0.2, -0.15) is 5.26 Å². The van der Waals surface area contributed by atoms with Crippen molar-refractivity contribution in [2.75, 3.05) is 11.9 Å². The molecule has 0 aliphatic heterocycles. The molecule has 0 bridgehead atoms. The molecule has 1 N–H and O–H groups in total. The number of hydrogen-bond acceptors (Lipinski definition) is 4. The van der Waals surface area contributed by atoms with Crippen LogP contribution >= 0.6 is 11.3 Å². The summed E-state index contributed by atoms with van der Waals surface area (Å²) >= 11 is 1.44. The Labute approximate surface area is 134 Å². The Hall–Kier alpha value is -2.32. The molecule has 0 unspecified atom stereocenters. The lowest BCUT2D eigenvalue weighted by atomic mass is 10.1. The van der Waals surface area contributed by atoms with Gasteiger partial charge in [-0.15, -0.1) is 11.3 Å². The number of carbonyl (C=O) groups excluding carboxylic acids is 1. The molecule has 0 aliphatic carbocycles. The maximum Gasteiger partial charge on any atom is 0.256 e. The molecule has 0 aliphatic rings. The minimum Gasteiger partial charge on any atom is -0.494 e. The highest BCUT2D eigenvalue weighted by atomic mass is 32.1. The van der Waals surface area contributed by atoms with Crippen LogP contribution < -0.4 is 10.1 Å². The van der Waals surface area contributed by atoms with Crippen LogP contribution in [0.3, 0.4) is 0 Å². The molecule has 0 spiro atoms. The number of nitrogens with one attached hydrogen (secondary N) is 1. The number of anilines is 1. The molecule has 1 aromatic carbocycles. The largest absolute Gasteiger partial charge is 0.494 e. The van der Waals surface area contributed by atoms with Crippen LogP contribution in [0.1, 0.15) is 40.2 Å². The van der Waals surface area contributed by atoms with Crippen LogP contribution in [0.5, 0.6) is 5.75 Å². The van der Waals surface area contributed by atoms with E-state index in [-0.39, 0.29) is 5.91 Å². The van der Waals surface area contributed by atoms with Crippen LogP contribution in [0, 0.1) is 18.3 Å². The van der Waals surface area contributed by atoms with E-state index in [1.54, 1.807) is 18.2 Å². The molecule has 22 heavy (non-hydrogen) atoms. The maximum absolute atomic E-state index is 12.4. The van der Waals surface area contributed by atoms with Crippen molar-refractivity contribution in [3.63, 3.8) is 0 Å². The molecule has 1 amide bonds. The minimum atomic E-state index is -0.234. The Bertz CT molecular complexity index is 729. The first-order valence-corrected chi connectivity index (χ1v) is 7.98. The Balaban J connectivity index is 2.26. The van der Waals surface area contributed by atoms with Crippen molar-refractivity contribution < 1.29 is 9.53 Å². The van der Waals surface area contributed by atoms with Crippen molar-refractivity contribution in [1.29, 1.82) is 5.26 Å². The van der Waals surface area contributed by atoms with E-state index in [4.69, 9.17) is 4.74 Å². The van der Waals surface area contributed by atoms with Crippen molar-refractivity contribution in [3.05, 3.63) is 45.8 Å². The predicted octanol–water partition coefficient (Wildman–Crippen LogP) is 4.14. The quantitative estimate of drug-likeness (QED) is 0.902. The molecule has 4 nitrogen and oxygen atoms in total. The highest BCUT2D eigenvalue weighted by Gasteiger charge is 2.17. The first kappa shape index (κ1) is 16.1. The summed E-state index contributed by atoms with van der Waals surface area (Å²) in [6.07, 6.45) is 0.779. The molecule has 2 aromatic rings. The van der Waals surface area contributed by atoms with Crippen molar-refractivity contribution in [3.8, 4) is 11.8 Å². The van der Waals surface area contributed by atoms with E-state index in [9.17, 15) is 10.1 Å². The number of amides is 1. The fourth-order valence-electron chi connectivity index (χ4n) is 2.28. The van der Waals surface area contributed by atoms with Crippen LogP contribution in [0.15, 0.2) is 24.3 Å². The second-order valence-corrected chi connectivity index (χ2v) is 5.95. The zero-order valence-electron chi connectivity index (χ0n) is 12.9. The number of aryl methyl sites for hydroxylation is 1. The minimum absolute atomic E-state index is 0.234. The third-order valence-electron chi connectivity index (χ3n) is 3.31. The van der Waals surface area contributed by atoms with E-state index >= 15 is 0 Å². The Kier molecular flexibility index (Phi) is 5.18. The van der Waals surface area contributed by atoms with Crippen LogP contribution in [0.2, 0.25) is 0 Å². The standard InChI is InChI=1S/C17H18N2O2S/c1-4-14-11(3)22-17(15(14)10-18)19-16(20)12-7-6-8-13(9-12)21-5-2/h6-9H,4-5H2,1-3H3,(H,19,20). The third kappa shape index (κ3) is 3.29. The molecular formula is C17H18N2O2S. The summed E-state index contributed by atoms with van der Waals surface area (Å²) in [7, 11) is 0. The number of rotatable bonds is 5. The number of thiophene rings is 1. The monoisotopic (exact) mass is 314 g/mol. The van der Waals surface area contributed by atoms with Gasteiger partial charge >= 0.3 is 0 Å². The number of ether oxygens (including phenoxy) is 1. The third-order valence-corrected chi connectivity index (χ3v) is 4.37. The normalized spacial score (nSPS) is 10.1. The van der Waals surface area contributed by atoms with E-state index in [0.717, 1.165) is 16.9 Å². The lowest BCUT2D eigenvalue weighted by Crippen LogP contribution is -2.12. The van der Waals surface area contributed by atoms with Crippen LogP contribution in [-0.4, -0.2) is 12.5 Å². The number of hydrogen-bond donors (Lipinski definition) is 1. The maximum atomic E-state index is 12.4. The Morgan fingerprint density at radius 3 is 2.82 bits per heavy atom. The summed E-state index contributed by atoms with van der Waals surface area (Å²) in [5, 5.41) is 12.8. The zero-order chi connectivity index (χ0) is 16.1. The number of benzene rings is 1. The molecule has 1 aromatic heterocycles. The van der Waals surface area contributed by atoms with Crippen LogP contribution in [0.25, 0.3) is 0 Å². The second-order valence-electron chi connectivity index (χ2n) is 4.72. The smallest absolute Gasteiger partial charge is 0.256 e. The highest BCUT2D eigenvalue weighted by Crippen LogP contribution is 2.33. The van der Waals surface area contributed by atoms with Crippen LogP contribution in [-0.2, 0) is 6.42 Å². The van der Waals surface area contributed by atoms with E-state index in [1.165, 1.54) is 11.3 Å². The average Bonchev–Trinajstić information content (AvgIpc) is 2.82. The van der Waals surface area contributed by atoms with Crippen molar-refractivity contribution in [2.45, 2.75) is 27.2 Å². The summed E-state index contributed by atoms with van der Waals surface area (Å²) in [5.41, 5.74) is 2.09. The molecule has 1 heterocycles. The lowest BCUT2D eigenvalue weighted by Gasteiger charge is -2.06. The molecule has 0 radical (unpaired) electrons. The molecule has 0 fully saturated rings. The van der Waals surface area contributed by atoms with Gasteiger partial charge in [0.05, 0.1) is 12.2 Å². The molecule has 114 valence electrons. The molecule has 5 heteroatoms. The van der Waals surface area contributed by atoms with Gasteiger partial charge < -0.3 is 10.1 Å². The predicted molar refractivity (Wildman–Crippen MR) is 88.7 cm³/mol. The van der Waals surface area contributed by atoms with E-state index in [0.29, 0.717) is 28.5 Å². The van der Waals surface area contributed by atoms with Crippen molar-refractivity contribution >= 4 is 22.2 Å². The molecule has 2 rings (SSSR count). The topological polar surface area (TPSA) is 62.1 Å². The average molecular weight is 314 g/mol. The SMILES string of the molecule is CCOc1cccc(C(=O)Nc2sc(C)c(CC)c2C#N)c1. The molecule has 0 saturated carbocycles.